The van der Waals surface area contributed by atoms with Gasteiger partial charge in [0.15, 0.2) is 5.69 Å². The third-order valence-corrected chi connectivity index (χ3v) is 2.69. The van der Waals surface area contributed by atoms with E-state index in [1.54, 1.807) is 24.3 Å². The summed E-state index contributed by atoms with van der Waals surface area (Å²) >= 11 is 0. The second-order valence-electron chi connectivity index (χ2n) is 4.11. The van der Waals surface area contributed by atoms with Gasteiger partial charge in [-0.25, -0.2) is 4.79 Å². The van der Waals surface area contributed by atoms with Gasteiger partial charge in [0, 0.05) is 18.4 Å². The van der Waals surface area contributed by atoms with E-state index in [2.05, 4.69) is 5.10 Å². The molecule has 0 radical (unpaired) electrons. The van der Waals surface area contributed by atoms with E-state index in [4.69, 9.17) is 5.11 Å². The summed E-state index contributed by atoms with van der Waals surface area (Å²) < 4.78 is 37.6. The van der Waals surface area contributed by atoms with Gasteiger partial charge >= 0.3 is 12.1 Å². The van der Waals surface area contributed by atoms with E-state index in [1.807, 2.05) is 0 Å². The molecule has 0 bridgehead atoms. The number of carbonyl (C=O) groups is 1. The Bertz CT molecular complexity index is 605. The maximum absolute atomic E-state index is 12.1. The van der Waals surface area contributed by atoms with Crippen molar-refractivity contribution in [2.24, 2.45) is 0 Å². The Hall–Kier alpha value is -2.05. The molecule has 0 aliphatic heterocycles. The van der Waals surface area contributed by atoms with Gasteiger partial charge in [0.05, 0.1) is 5.52 Å². The zero-order valence-corrected chi connectivity index (χ0v) is 9.81. The highest BCUT2D eigenvalue weighted by Gasteiger charge is 2.26. The van der Waals surface area contributed by atoms with Crippen molar-refractivity contribution in [3.8, 4) is 0 Å². The van der Waals surface area contributed by atoms with Gasteiger partial charge in [-0.3, -0.25) is 4.68 Å². The van der Waals surface area contributed by atoms with E-state index in [0.717, 1.165) is 0 Å². The zero-order chi connectivity index (χ0) is 14.0. The molecule has 0 aliphatic rings. The summed E-state index contributed by atoms with van der Waals surface area (Å²) in [6, 6.07) is 6.58. The predicted molar refractivity (Wildman–Crippen MR) is 62.0 cm³/mol. The van der Waals surface area contributed by atoms with Crippen LogP contribution in [0.1, 0.15) is 23.3 Å². The number of para-hydroxylation sites is 1. The van der Waals surface area contributed by atoms with Gasteiger partial charge in [0.1, 0.15) is 0 Å². The highest BCUT2D eigenvalue weighted by Crippen LogP contribution is 2.23. The average Bonchev–Trinajstić information content (AvgIpc) is 2.67. The van der Waals surface area contributed by atoms with E-state index in [-0.39, 0.29) is 18.7 Å². The molecule has 1 N–H and O–H groups in total. The molecule has 102 valence electrons. The lowest BCUT2D eigenvalue weighted by Crippen LogP contribution is -2.10. The zero-order valence-electron chi connectivity index (χ0n) is 9.81. The van der Waals surface area contributed by atoms with Crippen molar-refractivity contribution in [2.45, 2.75) is 25.6 Å². The van der Waals surface area contributed by atoms with Gasteiger partial charge in [0.25, 0.3) is 0 Å². The van der Waals surface area contributed by atoms with E-state index in [1.165, 1.54) is 4.68 Å². The molecule has 19 heavy (non-hydrogen) atoms. The molecular weight excluding hydrogens is 261 g/mol. The van der Waals surface area contributed by atoms with Gasteiger partial charge in [-0.1, -0.05) is 18.2 Å². The molecule has 0 saturated carbocycles. The molecule has 0 atom stereocenters. The quantitative estimate of drug-likeness (QED) is 0.930. The van der Waals surface area contributed by atoms with Crippen LogP contribution in [0, 0.1) is 0 Å². The summed E-state index contributed by atoms with van der Waals surface area (Å²) in [4.78, 5) is 11.0. The maximum Gasteiger partial charge on any atom is 0.389 e. The van der Waals surface area contributed by atoms with Crippen LogP contribution < -0.4 is 0 Å². The van der Waals surface area contributed by atoms with Crippen LogP contribution >= 0.6 is 0 Å². The third-order valence-electron chi connectivity index (χ3n) is 2.69. The van der Waals surface area contributed by atoms with E-state index in [9.17, 15) is 18.0 Å². The maximum atomic E-state index is 12.1. The Morgan fingerprint density at radius 3 is 2.63 bits per heavy atom. The lowest BCUT2D eigenvalue weighted by molar-refractivity contribution is -0.135. The van der Waals surface area contributed by atoms with Crippen molar-refractivity contribution < 1.29 is 23.1 Å². The molecular formula is C12H11F3N2O2. The molecule has 1 heterocycles. The molecule has 0 amide bonds. The smallest absolute Gasteiger partial charge is 0.389 e. The van der Waals surface area contributed by atoms with Gasteiger partial charge in [-0.15, -0.1) is 0 Å². The fourth-order valence-corrected chi connectivity index (χ4v) is 1.89. The fourth-order valence-electron chi connectivity index (χ4n) is 1.89. The van der Waals surface area contributed by atoms with E-state index in [0.29, 0.717) is 10.9 Å². The fraction of sp³-hybridized carbons (Fsp3) is 0.333. The number of aromatic carboxylic acids is 1. The van der Waals surface area contributed by atoms with Crippen LogP contribution in [0.2, 0.25) is 0 Å². The molecule has 0 aliphatic carbocycles. The first kappa shape index (κ1) is 13.4. The molecule has 2 aromatic rings. The summed E-state index contributed by atoms with van der Waals surface area (Å²) in [6.07, 6.45) is -5.25. The largest absolute Gasteiger partial charge is 0.476 e. The summed E-state index contributed by atoms with van der Waals surface area (Å²) in [7, 11) is 0. The van der Waals surface area contributed by atoms with Crippen LogP contribution in [-0.4, -0.2) is 27.0 Å². The summed E-state index contributed by atoms with van der Waals surface area (Å²) in [5, 5.41) is 13.3. The van der Waals surface area contributed by atoms with Gasteiger partial charge in [-0.05, 0) is 12.5 Å². The van der Waals surface area contributed by atoms with Crippen LogP contribution in [0.4, 0.5) is 13.2 Å². The molecule has 1 aromatic carbocycles. The van der Waals surface area contributed by atoms with Crippen molar-refractivity contribution >= 4 is 16.9 Å². The summed E-state index contributed by atoms with van der Waals surface area (Å²) in [5.41, 5.74) is 0.393. The Morgan fingerprint density at radius 2 is 2.00 bits per heavy atom. The lowest BCUT2D eigenvalue weighted by Gasteiger charge is -2.06. The third kappa shape index (κ3) is 3.04. The van der Waals surface area contributed by atoms with Crippen molar-refractivity contribution in [2.75, 3.05) is 0 Å². The number of halogens is 3. The minimum atomic E-state index is -4.21. The number of carboxylic acids is 1. The molecule has 0 unspecified atom stereocenters. The van der Waals surface area contributed by atoms with Crippen molar-refractivity contribution in [1.29, 1.82) is 0 Å². The topological polar surface area (TPSA) is 55.1 Å². The predicted octanol–water partition coefficient (Wildman–Crippen LogP) is 3.08. The number of fused-ring (bicyclic) bond motifs is 1. The van der Waals surface area contributed by atoms with Crippen LogP contribution in [-0.2, 0) is 6.54 Å². The van der Waals surface area contributed by atoms with Crippen LogP contribution in [0.15, 0.2) is 24.3 Å². The average molecular weight is 272 g/mol. The van der Waals surface area contributed by atoms with Crippen LogP contribution in [0.5, 0.6) is 0 Å². The number of nitrogens with zero attached hydrogens (tertiary/aromatic N) is 2. The number of rotatable bonds is 4. The van der Waals surface area contributed by atoms with E-state index < -0.39 is 18.6 Å². The minimum absolute atomic E-state index is 0.0350. The van der Waals surface area contributed by atoms with E-state index >= 15 is 0 Å². The minimum Gasteiger partial charge on any atom is -0.476 e. The Labute approximate surface area is 106 Å². The highest BCUT2D eigenvalue weighted by atomic mass is 19.4. The number of benzene rings is 1. The van der Waals surface area contributed by atoms with Gasteiger partial charge in [0.2, 0.25) is 0 Å². The Kier molecular flexibility index (Phi) is 3.46. The molecule has 1 aromatic heterocycles. The normalized spacial score (nSPS) is 11.9. The SMILES string of the molecule is O=C(O)c1nn(CCCC(F)(F)F)c2ccccc12. The van der Waals surface area contributed by atoms with Gasteiger partial charge < -0.3 is 5.11 Å². The van der Waals surface area contributed by atoms with Crippen molar-refractivity contribution in [1.82, 2.24) is 9.78 Å². The number of aryl methyl sites for hydroxylation is 1. The number of hydrogen-bond donors (Lipinski definition) is 1. The first-order valence-corrected chi connectivity index (χ1v) is 5.64. The first-order valence-electron chi connectivity index (χ1n) is 5.64. The molecule has 0 spiro atoms. The summed E-state index contributed by atoms with van der Waals surface area (Å²) in [5.74, 6) is -1.19. The molecule has 2 rings (SSSR count). The molecule has 7 heteroatoms. The standard InChI is InChI=1S/C12H11F3N2O2/c13-12(14,15)6-3-7-17-9-5-2-1-4-8(9)10(16-17)11(18)19/h1-2,4-5H,3,6-7H2,(H,18,19). The van der Waals surface area contributed by atoms with Crippen molar-refractivity contribution in [3.05, 3.63) is 30.0 Å². The number of hydrogen-bond acceptors (Lipinski definition) is 2. The van der Waals surface area contributed by atoms with Crippen LogP contribution in [0.25, 0.3) is 10.9 Å². The van der Waals surface area contributed by atoms with Crippen LogP contribution in [0.3, 0.4) is 0 Å². The second kappa shape index (κ2) is 4.91. The monoisotopic (exact) mass is 272 g/mol. The Morgan fingerprint density at radius 1 is 1.32 bits per heavy atom. The second-order valence-corrected chi connectivity index (χ2v) is 4.11. The number of alkyl halides is 3. The lowest BCUT2D eigenvalue weighted by atomic mass is 10.2. The number of carboxylic acid groups (broad SMARTS) is 1. The highest BCUT2D eigenvalue weighted by molar-refractivity contribution is 6.01. The molecule has 4 nitrogen and oxygen atoms in total. The number of aromatic nitrogens is 2. The molecule has 0 saturated heterocycles. The first-order chi connectivity index (χ1) is 8.88. The summed E-state index contributed by atoms with van der Waals surface area (Å²) in [6.45, 7) is 0.0350. The molecule has 0 fully saturated rings. The van der Waals surface area contributed by atoms with Crippen molar-refractivity contribution in [3.63, 3.8) is 0 Å². The van der Waals surface area contributed by atoms with Gasteiger partial charge in [-0.2, -0.15) is 18.3 Å². The Balaban J connectivity index is 2.26.